The molecule has 114 valence electrons. The van der Waals surface area contributed by atoms with Gasteiger partial charge in [-0.15, -0.1) is 0 Å². The monoisotopic (exact) mass is 289 g/mol. The minimum atomic E-state index is 0.329. The number of nitrogens with one attached hydrogen (secondary N) is 1. The number of hydrogen-bond acceptors (Lipinski definition) is 5. The molecule has 0 spiro atoms. The van der Waals surface area contributed by atoms with Crippen LogP contribution < -0.4 is 20.7 Å². The summed E-state index contributed by atoms with van der Waals surface area (Å²) in [4.78, 5) is 4.59. The number of nitrogen functional groups attached to an aromatic ring is 1. The van der Waals surface area contributed by atoms with E-state index in [9.17, 15) is 0 Å². The fourth-order valence-corrected chi connectivity index (χ4v) is 2.29. The third kappa shape index (κ3) is 3.19. The van der Waals surface area contributed by atoms with E-state index in [1.165, 1.54) is 0 Å². The number of ether oxygens (including phenoxy) is 2. The summed E-state index contributed by atoms with van der Waals surface area (Å²) in [6.07, 6.45) is 0. The summed E-state index contributed by atoms with van der Waals surface area (Å²) in [5.74, 6) is 8.07. The second kappa shape index (κ2) is 6.63. The van der Waals surface area contributed by atoms with Crippen LogP contribution in [0.4, 0.5) is 5.82 Å². The molecule has 2 rings (SSSR count). The topological polar surface area (TPSA) is 69.4 Å². The number of rotatable bonds is 6. The van der Waals surface area contributed by atoms with Gasteiger partial charge in [-0.05, 0) is 37.5 Å². The van der Waals surface area contributed by atoms with Crippen molar-refractivity contribution in [2.24, 2.45) is 5.84 Å². The molecule has 1 aromatic carbocycles. The molecule has 0 unspecified atom stereocenters. The Hall–Kier alpha value is -2.01. The molecule has 5 nitrogen and oxygen atoms in total. The molecule has 0 aliphatic rings. The van der Waals surface area contributed by atoms with E-state index < -0.39 is 0 Å². The van der Waals surface area contributed by atoms with Crippen LogP contribution in [0.2, 0.25) is 0 Å². The van der Waals surface area contributed by atoms with Gasteiger partial charge in [0.2, 0.25) is 0 Å². The van der Waals surface area contributed by atoms with Crippen molar-refractivity contribution in [2.75, 3.05) is 18.6 Å². The summed E-state index contributed by atoms with van der Waals surface area (Å²) in [6, 6.07) is 5.97. The van der Waals surface area contributed by atoms with Crippen LogP contribution in [0.1, 0.15) is 39.2 Å². The van der Waals surface area contributed by atoms with E-state index in [2.05, 4.69) is 30.3 Å². The van der Waals surface area contributed by atoms with Crippen LogP contribution >= 0.6 is 0 Å². The van der Waals surface area contributed by atoms with Gasteiger partial charge in [0.15, 0.2) is 11.5 Å². The van der Waals surface area contributed by atoms with Gasteiger partial charge in [0.1, 0.15) is 5.82 Å². The van der Waals surface area contributed by atoms with Gasteiger partial charge in [-0.3, -0.25) is 0 Å². The third-order valence-corrected chi connectivity index (χ3v) is 3.27. The minimum absolute atomic E-state index is 0.329. The average molecular weight is 289 g/mol. The Labute approximate surface area is 125 Å². The highest BCUT2D eigenvalue weighted by Crippen LogP contribution is 2.35. The SMILES string of the molecule is CCOc1cc2cc(C(C)C)c(NN)nc2cc1OCC. The lowest BCUT2D eigenvalue weighted by Gasteiger charge is -2.15. The van der Waals surface area contributed by atoms with Crippen molar-refractivity contribution in [3.8, 4) is 11.5 Å². The highest BCUT2D eigenvalue weighted by atomic mass is 16.5. The molecule has 0 radical (unpaired) electrons. The molecule has 0 aliphatic carbocycles. The molecule has 0 aliphatic heterocycles. The molecule has 0 saturated heterocycles. The van der Waals surface area contributed by atoms with Crippen LogP contribution in [0, 0.1) is 0 Å². The molecule has 21 heavy (non-hydrogen) atoms. The van der Waals surface area contributed by atoms with Gasteiger partial charge in [-0.1, -0.05) is 13.8 Å². The molecular weight excluding hydrogens is 266 g/mol. The number of fused-ring (bicyclic) bond motifs is 1. The van der Waals surface area contributed by atoms with Crippen molar-refractivity contribution >= 4 is 16.7 Å². The van der Waals surface area contributed by atoms with Gasteiger partial charge in [0.05, 0.1) is 18.7 Å². The maximum atomic E-state index is 5.66. The zero-order valence-corrected chi connectivity index (χ0v) is 13.1. The van der Waals surface area contributed by atoms with E-state index in [0.29, 0.717) is 30.7 Å². The molecule has 2 aromatic rings. The first-order valence-corrected chi connectivity index (χ1v) is 7.31. The molecule has 1 aromatic heterocycles. The smallest absolute Gasteiger partial charge is 0.163 e. The van der Waals surface area contributed by atoms with E-state index >= 15 is 0 Å². The fourth-order valence-electron chi connectivity index (χ4n) is 2.29. The second-order valence-electron chi connectivity index (χ2n) is 5.08. The quantitative estimate of drug-likeness (QED) is 0.629. The van der Waals surface area contributed by atoms with Crippen LogP contribution in [0.15, 0.2) is 18.2 Å². The molecule has 3 N–H and O–H groups in total. The number of hydrazine groups is 1. The number of benzene rings is 1. The Morgan fingerprint density at radius 3 is 2.24 bits per heavy atom. The second-order valence-corrected chi connectivity index (χ2v) is 5.08. The van der Waals surface area contributed by atoms with Crippen molar-refractivity contribution in [3.63, 3.8) is 0 Å². The van der Waals surface area contributed by atoms with Crippen molar-refractivity contribution in [2.45, 2.75) is 33.6 Å². The summed E-state index contributed by atoms with van der Waals surface area (Å²) in [5.41, 5.74) is 4.59. The molecule has 1 heterocycles. The van der Waals surface area contributed by atoms with Crippen LogP contribution in [-0.2, 0) is 0 Å². The zero-order valence-electron chi connectivity index (χ0n) is 13.1. The standard InChI is InChI=1S/C16H23N3O2/c1-5-20-14-8-11-7-12(10(3)4)16(19-17)18-13(11)9-15(14)21-6-2/h7-10H,5-6,17H2,1-4H3,(H,18,19). The number of nitrogens with two attached hydrogens (primary N) is 1. The maximum Gasteiger partial charge on any atom is 0.163 e. The largest absolute Gasteiger partial charge is 0.490 e. The highest BCUT2D eigenvalue weighted by molar-refractivity contribution is 5.85. The van der Waals surface area contributed by atoms with Crippen LogP contribution in [0.5, 0.6) is 11.5 Å². The maximum absolute atomic E-state index is 5.66. The van der Waals surface area contributed by atoms with Gasteiger partial charge in [0, 0.05) is 11.5 Å². The summed E-state index contributed by atoms with van der Waals surface area (Å²) >= 11 is 0. The lowest BCUT2D eigenvalue weighted by atomic mass is 10.0. The third-order valence-electron chi connectivity index (χ3n) is 3.27. The van der Waals surface area contributed by atoms with Gasteiger partial charge < -0.3 is 14.9 Å². The van der Waals surface area contributed by atoms with Crippen molar-refractivity contribution < 1.29 is 9.47 Å². The lowest BCUT2D eigenvalue weighted by molar-refractivity contribution is 0.288. The van der Waals surface area contributed by atoms with Gasteiger partial charge in [0.25, 0.3) is 0 Å². The summed E-state index contributed by atoms with van der Waals surface area (Å²) in [7, 11) is 0. The molecule has 0 bridgehead atoms. The first kappa shape index (κ1) is 15.4. The Morgan fingerprint density at radius 1 is 1.10 bits per heavy atom. The normalized spacial score (nSPS) is 11.0. The van der Waals surface area contributed by atoms with E-state index in [1.54, 1.807) is 0 Å². The van der Waals surface area contributed by atoms with E-state index in [0.717, 1.165) is 22.2 Å². The van der Waals surface area contributed by atoms with Crippen molar-refractivity contribution in [1.29, 1.82) is 0 Å². The summed E-state index contributed by atoms with van der Waals surface area (Å²) < 4.78 is 11.3. The van der Waals surface area contributed by atoms with Crippen LogP contribution in [-0.4, -0.2) is 18.2 Å². The molecule has 0 atom stereocenters. The minimum Gasteiger partial charge on any atom is -0.490 e. The first-order chi connectivity index (χ1) is 10.1. The van der Waals surface area contributed by atoms with Gasteiger partial charge in [-0.2, -0.15) is 0 Å². The molecule has 0 fully saturated rings. The molecular formula is C16H23N3O2. The Kier molecular flexibility index (Phi) is 4.85. The zero-order chi connectivity index (χ0) is 15.4. The predicted octanol–water partition coefficient (Wildman–Crippen LogP) is 3.44. The number of pyridine rings is 1. The highest BCUT2D eigenvalue weighted by Gasteiger charge is 2.13. The number of hydrogen-bond donors (Lipinski definition) is 2. The average Bonchev–Trinajstić information content (AvgIpc) is 2.47. The van der Waals surface area contributed by atoms with Crippen LogP contribution in [0.3, 0.4) is 0 Å². The van der Waals surface area contributed by atoms with Crippen molar-refractivity contribution in [1.82, 2.24) is 4.98 Å². The first-order valence-electron chi connectivity index (χ1n) is 7.31. The van der Waals surface area contributed by atoms with Crippen LogP contribution in [0.25, 0.3) is 10.9 Å². The van der Waals surface area contributed by atoms with E-state index in [-0.39, 0.29) is 0 Å². The Morgan fingerprint density at radius 2 is 1.71 bits per heavy atom. The van der Waals surface area contributed by atoms with Gasteiger partial charge >= 0.3 is 0 Å². The molecule has 0 amide bonds. The van der Waals surface area contributed by atoms with Gasteiger partial charge in [-0.25, -0.2) is 10.8 Å². The van der Waals surface area contributed by atoms with Crippen molar-refractivity contribution in [3.05, 3.63) is 23.8 Å². The Bertz CT molecular complexity index is 626. The number of aromatic nitrogens is 1. The van der Waals surface area contributed by atoms with E-state index in [4.69, 9.17) is 15.3 Å². The number of anilines is 1. The summed E-state index contributed by atoms with van der Waals surface area (Å²) in [5, 5.41) is 1.02. The molecule has 0 saturated carbocycles. The fraction of sp³-hybridized carbons (Fsp3) is 0.438. The van der Waals surface area contributed by atoms with E-state index in [1.807, 2.05) is 26.0 Å². The molecule has 5 heteroatoms. The summed E-state index contributed by atoms with van der Waals surface area (Å²) in [6.45, 7) is 9.31. The number of nitrogens with zero attached hydrogens (tertiary/aromatic N) is 1. The Balaban J connectivity index is 2.63. The predicted molar refractivity (Wildman–Crippen MR) is 86.0 cm³/mol. The lowest BCUT2D eigenvalue weighted by Crippen LogP contribution is -2.12.